The van der Waals surface area contributed by atoms with E-state index in [4.69, 9.17) is 0 Å². The largest absolute Gasteiger partial charge is 0.348 e. The highest BCUT2D eigenvalue weighted by Crippen LogP contribution is 2.18. The number of hydrogen-bond donors (Lipinski definition) is 1. The molecule has 1 heterocycles. The Morgan fingerprint density at radius 3 is 2.42 bits per heavy atom. The van der Waals surface area contributed by atoms with Gasteiger partial charge in [-0.3, -0.25) is 14.2 Å². The fourth-order valence-electron chi connectivity index (χ4n) is 3.08. The first-order valence-corrected chi connectivity index (χ1v) is 8.50. The van der Waals surface area contributed by atoms with Gasteiger partial charge >= 0.3 is 0 Å². The molecule has 4 nitrogen and oxygen atoms in total. The second-order valence-electron chi connectivity index (χ2n) is 6.16. The first-order valence-electron chi connectivity index (χ1n) is 8.50. The van der Waals surface area contributed by atoms with E-state index >= 15 is 0 Å². The molecule has 0 radical (unpaired) electrons. The van der Waals surface area contributed by atoms with Gasteiger partial charge in [-0.15, -0.1) is 0 Å². The molecule has 1 aliphatic rings. The van der Waals surface area contributed by atoms with E-state index < -0.39 is 0 Å². The van der Waals surface area contributed by atoms with Gasteiger partial charge < -0.3 is 5.32 Å². The van der Waals surface area contributed by atoms with Crippen LogP contribution < -0.4 is 10.9 Å². The topological polar surface area (TPSA) is 51.1 Å². The van der Waals surface area contributed by atoms with Crippen LogP contribution >= 0.6 is 0 Å². The standard InChI is InChI=1S/C20H22N2O2/c23-19-13-7-8-14-22(19)18(15-16-9-3-1-4-10-16)20(24)21-17-11-5-2-6-12-17/h1,3-4,7-10,13-15,17H,2,5-6,11-12H2,(H,21,24)/b18-15+. The SMILES string of the molecule is O=C(NC1CCCCC1)/C(=C\c1ccccc1)n1ccccc1=O. The molecule has 1 saturated carbocycles. The average molecular weight is 322 g/mol. The highest BCUT2D eigenvalue weighted by Gasteiger charge is 2.19. The van der Waals surface area contributed by atoms with Gasteiger partial charge in [-0.1, -0.05) is 55.7 Å². The summed E-state index contributed by atoms with van der Waals surface area (Å²) < 4.78 is 1.41. The van der Waals surface area contributed by atoms with Crippen LogP contribution in [0.25, 0.3) is 11.8 Å². The van der Waals surface area contributed by atoms with E-state index in [-0.39, 0.29) is 17.5 Å². The van der Waals surface area contributed by atoms with Crippen LogP contribution in [-0.2, 0) is 4.79 Å². The highest BCUT2D eigenvalue weighted by atomic mass is 16.2. The normalized spacial score (nSPS) is 15.9. The van der Waals surface area contributed by atoms with Crippen LogP contribution in [0.5, 0.6) is 0 Å². The fraction of sp³-hybridized carbons (Fsp3) is 0.300. The molecule has 24 heavy (non-hydrogen) atoms. The molecule has 0 spiro atoms. The second kappa shape index (κ2) is 7.77. The minimum atomic E-state index is -0.210. The Bertz CT molecular complexity index is 771. The Hall–Kier alpha value is -2.62. The minimum Gasteiger partial charge on any atom is -0.348 e. The summed E-state index contributed by atoms with van der Waals surface area (Å²) in [5, 5.41) is 3.10. The van der Waals surface area contributed by atoms with E-state index in [9.17, 15) is 9.59 Å². The Labute approximate surface area is 141 Å². The van der Waals surface area contributed by atoms with Crippen molar-refractivity contribution in [2.75, 3.05) is 0 Å². The maximum Gasteiger partial charge on any atom is 0.268 e. The van der Waals surface area contributed by atoms with Gasteiger partial charge in [-0.05, 0) is 30.5 Å². The van der Waals surface area contributed by atoms with Gasteiger partial charge in [0.1, 0.15) is 5.70 Å². The fourth-order valence-corrected chi connectivity index (χ4v) is 3.08. The van der Waals surface area contributed by atoms with E-state index in [0.29, 0.717) is 5.70 Å². The van der Waals surface area contributed by atoms with Crippen molar-refractivity contribution < 1.29 is 4.79 Å². The molecule has 0 aliphatic heterocycles. The molecule has 1 fully saturated rings. The predicted octanol–water partition coefficient (Wildman–Crippen LogP) is 3.30. The molecule has 2 aromatic rings. The van der Waals surface area contributed by atoms with Crippen molar-refractivity contribution in [3.8, 4) is 0 Å². The summed E-state index contributed by atoms with van der Waals surface area (Å²) in [4.78, 5) is 25.0. The molecule has 124 valence electrons. The molecule has 1 amide bonds. The maximum atomic E-state index is 12.8. The van der Waals surface area contributed by atoms with Gasteiger partial charge in [-0.2, -0.15) is 0 Å². The van der Waals surface area contributed by atoms with Crippen molar-refractivity contribution in [1.29, 1.82) is 0 Å². The van der Waals surface area contributed by atoms with Crippen molar-refractivity contribution in [2.24, 2.45) is 0 Å². The lowest BCUT2D eigenvalue weighted by Crippen LogP contribution is -2.38. The monoisotopic (exact) mass is 322 g/mol. The number of nitrogens with one attached hydrogen (secondary N) is 1. The molecular weight excluding hydrogens is 300 g/mol. The number of benzene rings is 1. The molecule has 0 unspecified atom stereocenters. The van der Waals surface area contributed by atoms with E-state index in [1.54, 1.807) is 24.4 Å². The van der Waals surface area contributed by atoms with Crippen LogP contribution in [0, 0.1) is 0 Å². The van der Waals surface area contributed by atoms with Crippen LogP contribution in [-0.4, -0.2) is 16.5 Å². The number of carbonyl (C=O) groups is 1. The maximum absolute atomic E-state index is 12.8. The number of hydrogen-bond acceptors (Lipinski definition) is 2. The van der Waals surface area contributed by atoms with E-state index in [2.05, 4.69) is 5.32 Å². The third-order valence-corrected chi connectivity index (χ3v) is 4.36. The summed E-state index contributed by atoms with van der Waals surface area (Å²) in [6, 6.07) is 14.7. The Kier molecular flexibility index (Phi) is 5.26. The summed E-state index contributed by atoms with van der Waals surface area (Å²) in [5.41, 5.74) is 1.04. The Morgan fingerprint density at radius 1 is 1.00 bits per heavy atom. The Balaban J connectivity index is 1.93. The number of rotatable bonds is 4. The molecule has 0 bridgehead atoms. The summed E-state index contributed by atoms with van der Waals surface area (Å²) in [5.74, 6) is -0.195. The molecule has 0 atom stereocenters. The highest BCUT2D eigenvalue weighted by molar-refractivity contribution is 6.18. The van der Waals surface area contributed by atoms with Gasteiger partial charge in [0.2, 0.25) is 0 Å². The number of aromatic nitrogens is 1. The van der Waals surface area contributed by atoms with Crippen LogP contribution in [0.1, 0.15) is 37.7 Å². The second-order valence-corrected chi connectivity index (χ2v) is 6.16. The number of carbonyl (C=O) groups excluding carboxylic acids is 1. The molecule has 1 aromatic carbocycles. The molecule has 1 N–H and O–H groups in total. The average Bonchev–Trinajstić information content (AvgIpc) is 2.62. The number of pyridine rings is 1. The van der Waals surface area contributed by atoms with Crippen molar-refractivity contribution in [3.63, 3.8) is 0 Å². The van der Waals surface area contributed by atoms with Gasteiger partial charge in [0.25, 0.3) is 11.5 Å². The van der Waals surface area contributed by atoms with Gasteiger partial charge in [0.05, 0.1) is 0 Å². The molecule has 3 rings (SSSR count). The van der Waals surface area contributed by atoms with E-state index in [1.165, 1.54) is 17.1 Å². The quantitative estimate of drug-likeness (QED) is 0.878. The van der Waals surface area contributed by atoms with E-state index in [1.807, 2.05) is 30.3 Å². The predicted molar refractivity (Wildman–Crippen MR) is 96.3 cm³/mol. The molecule has 1 aliphatic carbocycles. The van der Waals surface area contributed by atoms with Gasteiger partial charge in [0, 0.05) is 18.3 Å². The van der Waals surface area contributed by atoms with Crippen molar-refractivity contribution in [3.05, 3.63) is 70.6 Å². The van der Waals surface area contributed by atoms with E-state index in [0.717, 1.165) is 31.2 Å². The molecule has 1 aromatic heterocycles. The number of nitrogens with zero attached hydrogens (tertiary/aromatic N) is 1. The first-order chi connectivity index (χ1) is 11.7. The van der Waals surface area contributed by atoms with Gasteiger partial charge in [0.15, 0.2) is 0 Å². The minimum absolute atomic E-state index is 0.195. The van der Waals surface area contributed by atoms with Crippen LogP contribution in [0.3, 0.4) is 0 Å². The van der Waals surface area contributed by atoms with Crippen LogP contribution in [0.2, 0.25) is 0 Å². The van der Waals surface area contributed by atoms with Crippen LogP contribution in [0.4, 0.5) is 0 Å². The zero-order chi connectivity index (χ0) is 16.8. The summed E-state index contributed by atoms with van der Waals surface area (Å²) >= 11 is 0. The lowest BCUT2D eigenvalue weighted by molar-refractivity contribution is -0.116. The van der Waals surface area contributed by atoms with Crippen LogP contribution in [0.15, 0.2) is 59.5 Å². The molecular formula is C20H22N2O2. The lowest BCUT2D eigenvalue weighted by atomic mass is 9.95. The smallest absolute Gasteiger partial charge is 0.268 e. The first kappa shape index (κ1) is 16.2. The molecule has 4 heteroatoms. The zero-order valence-corrected chi connectivity index (χ0v) is 13.7. The zero-order valence-electron chi connectivity index (χ0n) is 13.7. The third-order valence-electron chi connectivity index (χ3n) is 4.36. The van der Waals surface area contributed by atoms with Gasteiger partial charge in [-0.25, -0.2) is 0 Å². The summed E-state index contributed by atoms with van der Waals surface area (Å²) in [6.07, 6.45) is 8.94. The summed E-state index contributed by atoms with van der Waals surface area (Å²) in [6.45, 7) is 0. The van der Waals surface area contributed by atoms with Crippen molar-refractivity contribution >= 4 is 17.7 Å². The third kappa shape index (κ3) is 4.02. The van der Waals surface area contributed by atoms with Crippen molar-refractivity contribution in [2.45, 2.75) is 38.1 Å². The lowest BCUT2D eigenvalue weighted by Gasteiger charge is -2.23. The Morgan fingerprint density at radius 2 is 1.71 bits per heavy atom. The summed E-state index contributed by atoms with van der Waals surface area (Å²) in [7, 11) is 0. The van der Waals surface area contributed by atoms with Crippen molar-refractivity contribution in [1.82, 2.24) is 9.88 Å². The molecule has 0 saturated heterocycles. The number of amides is 1.